The summed E-state index contributed by atoms with van der Waals surface area (Å²) in [5, 5.41) is 2.95. The lowest BCUT2D eigenvalue weighted by Gasteiger charge is -2.17. The Balaban J connectivity index is 1.57. The van der Waals surface area contributed by atoms with Crippen LogP contribution in [0.15, 0.2) is 29.1 Å². The highest BCUT2D eigenvalue weighted by molar-refractivity contribution is 5.96. The monoisotopic (exact) mass is 368 g/mol. The van der Waals surface area contributed by atoms with Gasteiger partial charge in [-0.3, -0.25) is 9.59 Å². The van der Waals surface area contributed by atoms with Gasteiger partial charge in [0.05, 0.1) is 6.04 Å². The Bertz CT molecular complexity index is 892. The topological polar surface area (TPSA) is 95.2 Å². The van der Waals surface area contributed by atoms with Crippen molar-refractivity contribution in [3.05, 3.63) is 57.3 Å². The SMILES string of the molecule is Cc1ccc(N2CC(NC(=O)CCc3c(C)nc(=O)[nH]c3C)CC2=O)cc1. The van der Waals surface area contributed by atoms with E-state index < -0.39 is 0 Å². The van der Waals surface area contributed by atoms with Crippen LogP contribution in [0.2, 0.25) is 0 Å². The molecule has 2 aromatic rings. The standard InChI is InChI=1S/C20H24N4O3/c1-12-4-6-16(7-5-12)24-11-15(10-19(24)26)23-18(25)9-8-17-13(2)21-20(27)22-14(17)3/h4-7,15H,8-11H2,1-3H3,(H,23,25)(H,21,22,27). The minimum atomic E-state index is -0.376. The van der Waals surface area contributed by atoms with Crippen LogP contribution < -0.4 is 15.9 Å². The van der Waals surface area contributed by atoms with Crippen LogP contribution in [0.3, 0.4) is 0 Å². The Morgan fingerprint density at radius 3 is 2.59 bits per heavy atom. The van der Waals surface area contributed by atoms with E-state index in [0.717, 1.165) is 22.5 Å². The van der Waals surface area contributed by atoms with E-state index in [2.05, 4.69) is 15.3 Å². The largest absolute Gasteiger partial charge is 0.351 e. The van der Waals surface area contributed by atoms with Crippen LogP contribution in [0.1, 0.15) is 35.4 Å². The summed E-state index contributed by atoms with van der Waals surface area (Å²) in [7, 11) is 0. The van der Waals surface area contributed by atoms with Gasteiger partial charge in [0, 0.05) is 36.5 Å². The first-order valence-corrected chi connectivity index (χ1v) is 9.06. The Labute approximate surface area is 157 Å². The van der Waals surface area contributed by atoms with Crippen LogP contribution >= 0.6 is 0 Å². The molecule has 1 aromatic heterocycles. The number of carbonyl (C=O) groups excluding carboxylic acids is 2. The molecule has 7 heteroatoms. The fourth-order valence-electron chi connectivity index (χ4n) is 3.44. The summed E-state index contributed by atoms with van der Waals surface area (Å²) < 4.78 is 0. The van der Waals surface area contributed by atoms with Crippen molar-refractivity contribution in [1.82, 2.24) is 15.3 Å². The van der Waals surface area contributed by atoms with Crippen molar-refractivity contribution in [3.8, 4) is 0 Å². The number of nitrogens with zero attached hydrogens (tertiary/aromatic N) is 2. The predicted molar refractivity (Wildman–Crippen MR) is 103 cm³/mol. The number of aryl methyl sites for hydroxylation is 3. The molecule has 2 N–H and O–H groups in total. The van der Waals surface area contributed by atoms with E-state index in [4.69, 9.17) is 0 Å². The molecule has 1 aliphatic rings. The van der Waals surface area contributed by atoms with Gasteiger partial charge in [-0.2, -0.15) is 4.98 Å². The summed E-state index contributed by atoms with van der Waals surface area (Å²) in [6.07, 6.45) is 1.08. The summed E-state index contributed by atoms with van der Waals surface area (Å²) in [5.41, 5.74) is 3.88. The maximum Gasteiger partial charge on any atom is 0.345 e. The third-order valence-electron chi connectivity index (χ3n) is 4.89. The Kier molecular flexibility index (Phi) is 5.39. The number of carbonyl (C=O) groups is 2. The van der Waals surface area contributed by atoms with E-state index in [-0.39, 0.29) is 30.0 Å². The molecule has 2 amide bonds. The zero-order valence-corrected chi connectivity index (χ0v) is 15.8. The molecule has 1 saturated heterocycles. The van der Waals surface area contributed by atoms with E-state index in [9.17, 15) is 14.4 Å². The molecule has 0 aliphatic carbocycles. The van der Waals surface area contributed by atoms with Crippen LogP contribution in [-0.4, -0.2) is 34.4 Å². The number of aromatic nitrogens is 2. The fourth-order valence-corrected chi connectivity index (χ4v) is 3.44. The molecule has 0 radical (unpaired) electrons. The highest BCUT2D eigenvalue weighted by Gasteiger charge is 2.31. The number of H-pyrrole nitrogens is 1. The molecular formula is C20H24N4O3. The summed E-state index contributed by atoms with van der Waals surface area (Å²) in [6, 6.07) is 7.59. The molecule has 0 bridgehead atoms. The van der Waals surface area contributed by atoms with Crippen LogP contribution in [0.5, 0.6) is 0 Å². The zero-order chi connectivity index (χ0) is 19.6. The number of hydrogen-bond donors (Lipinski definition) is 2. The van der Waals surface area contributed by atoms with Gasteiger partial charge >= 0.3 is 5.69 Å². The van der Waals surface area contributed by atoms with E-state index in [0.29, 0.717) is 25.1 Å². The molecule has 1 aliphatic heterocycles. The van der Waals surface area contributed by atoms with Gasteiger partial charge in [0.2, 0.25) is 11.8 Å². The molecule has 1 aromatic carbocycles. The molecule has 2 heterocycles. The lowest BCUT2D eigenvalue weighted by atomic mass is 10.1. The van der Waals surface area contributed by atoms with Crippen molar-refractivity contribution in [3.63, 3.8) is 0 Å². The molecule has 142 valence electrons. The van der Waals surface area contributed by atoms with E-state index in [1.807, 2.05) is 31.2 Å². The second kappa shape index (κ2) is 7.73. The van der Waals surface area contributed by atoms with Crippen molar-refractivity contribution in [2.75, 3.05) is 11.4 Å². The number of hydrogen-bond acceptors (Lipinski definition) is 4. The van der Waals surface area contributed by atoms with Gasteiger partial charge in [0.15, 0.2) is 0 Å². The minimum absolute atomic E-state index is 0.0145. The Morgan fingerprint density at radius 2 is 1.93 bits per heavy atom. The van der Waals surface area contributed by atoms with Gasteiger partial charge in [-0.25, -0.2) is 4.79 Å². The van der Waals surface area contributed by atoms with Crippen molar-refractivity contribution in [2.45, 2.75) is 46.1 Å². The normalized spacial score (nSPS) is 16.6. The quantitative estimate of drug-likeness (QED) is 0.837. The number of benzene rings is 1. The molecule has 0 spiro atoms. The van der Waals surface area contributed by atoms with Crippen LogP contribution in [0, 0.1) is 20.8 Å². The summed E-state index contributed by atoms with van der Waals surface area (Å²) >= 11 is 0. The van der Waals surface area contributed by atoms with Gasteiger partial charge in [-0.1, -0.05) is 17.7 Å². The average Bonchev–Trinajstić information content (AvgIpc) is 2.94. The maximum absolute atomic E-state index is 12.3. The Morgan fingerprint density at radius 1 is 1.22 bits per heavy atom. The van der Waals surface area contributed by atoms with Crippen molar-refractivity contribution in [2.24, 2.45) is 0 Å². The van der Waals surface area contributed by atoms with E-state index >= 15 is 0 Å². The first-order valence-electron chi connectivity index (χ1n) is 9.06. The van der Waals surface area contributed by atoms with Gasteiger partial charge in [0.25, 0.3) is 0 Å². The highest BCUT2D eigenvalue weighted by Crippen LogP contribution is 2.22. The molecule has 27 heavy (non-hydrogen) atoms. The van der Waals surface area contributed by atoms with E-state index in [1.54, 1.807) is 18.7 Å². The van der Waals surface area contributed by atoms with Crippen molar-refractivity contribution >= 4 is 17.5 Å². The van der Waals surface area contributed by atoms with Gasteiger partial charge in [-0.15, -0.1) is 0 Å². The Hall–Kier alpha value is -2.96. The first-order chi connectivity index (χ1) is 12.8. The number of aromatic amines is 1. The second-order valence-electron chi connectivity index (χ2n) is 7.04. The second-order valence-corrected chi connectivity index (χ2v) is 7.04. The summed E-state index contributed by atoms with van der Waals surface area (Å²) in [5.74, 6) is -0.0933. The van der Waals surface area contributed by atoms with Crippen LogP contribution in [0.25, 0.3) is 0 Å². The minimum Gasteiger partial charge on any atom is -0.351 e. The fraction of sp³-hybridized carbons (Fsp3) is 0.400. The third-order valence-corrected chi connectivity index (χ3v) is 4.89. The third kappa shape index (κ3) is 4.42. The number of anilines is 1. The van der Waals surface area contributed by atoms with Gasteiger partial charge in [0.1, 0.15) is 0 Å². The lowest BCUT2D eigenvalue weighted by molar-refractivity contribution is -0.121. The number of amides is 2. The van der Waals surface area contributed by atoms with Gasteiger partial charge in [-0.05, 0) is 44.9 Å². The average molecular weight is 368 g/mol. The molecule has 3 rings (SSSR count). The number of rotatable bonds is 5. The van der Waals surface area contributed by atoms with Crippen molar-refractivity contribution in [1.29, 1.82) is 0 Å². The summed E-state index contributed by atoms with van der Waals surface area (Å²) in [6.45, 7) is 6.05. The maximum atomic E-state index is 12.3. The molecular weight excluding hydrogens is 344 g/mol. The van der Waals surface area contributed by atoms with Crippen LogP contribution in [-0.2, 0) is 16.0 Å². The smallest absolute Gasteiger partial charge is 0.345 e. The predicted octanol–water partition coefficient (Wildman–Crippen LogP) is 1.55. The van der Waals surface area contributed by atoms with E-state index in [1.165, 1.54) is 0 Å². The molecule has 0 saturated carbocycles. The van der Waals surface area contributed by atoms with Crippen LogP contribution in [0.4, 0.5) is 5.69 Å². The number of nitrogens with one attached hydrogen (secondary N) is 2. The molecule has 1 fully saturated rings. The first kappa shape index (κ1) is 18.8. The molecule has 1 atom stereocenters. The molecule has 7 nitrogen and oxygen atoms in total. The molecule has 1 unspecified atom stereocenters. The highest BCUT2D eigenvalue weighted by atomic mass is 16.2. The zero-order valence-electron chi connectivity index (χ0n) is 15.8. The van der Waals surface area contributed by atoms with Gasteiger partial charge < -0.3 is 15.2 Å². The summed E-state index contributed by atoms with van der Waals surface area (Å²) in [4.78, 5) is 44.2. The van der Waals surface area contributed by atoms with Crippen molar-refractivity contribution < 1.29 is 9.59 Å². The lowest BCUT2D eigenvalue weighted by Crippen LogP contribution is -2.37.